The van der Waals surface area contributed by atoms with Gasteiger partial charge in [0, 0.05) is 24.7 Å². The predicted molar refractivity (Wildman–Crippen MR) is 96.1 cm³/mol. The molecule has 1 aliphatic rings. The van der Waals surface area contributed by atoms with Crippen molar-refractivity contribution in [1.29, 1.82) is 0 Å². The summed E-state index contributed by atoms with van der Waals surface area (Å²) in [6.07, 6.45) is 9.66. The lowest BCUT2D eigenvalue weighted by Crippen LogP contribution is -2.29. The van der Waals surface area contributed by atoms with Gasteiger partial charge in [-0.1, -0.05) is 43.4 Å². The molecule has 0 spiro atoms. The number of halogens is 1. The van der Waals surface area contributed by atoms with Crippen LogP contribution in [0.3, 0.4) is 0 Å². The maximum atomic E-state index is 12.7. The smallest absolute Gasteiger partial charge is 0.253 e. The van der Waals surface area contributed by atoms with Crippen LogP contribution in [0.5, 0.6) is 0 Å². The lowest BCUT2D eigenvalue weighted by atomic mass is 10.0. The number of fused-ring (bicyclic) bond motifs is 1. The largest absolute Gasteiger partial charge is 0.352 e. The second kappa shape index (κ2) is 7.39. The van der Waals surface area contributed by atoms with E-state index in [0.717, 1.165) is 24.0 Å². The molecule has 1 heterocycles. The van der Waals surface area contributed by atoms with E-state index in [1.807, 2.05) is 24.4 Å². The number of nitrogens with one attached hydrogen (secondary N) is 1. The molecule has 0 aliphatic heterocycles. The third-order valence-electron chi connectivity index (χ3n) is 4.97. The minimum atomic E-state index is -0.000420. The Bertz CT molecular complexity index is 684. The molecular formula is C19H25ClN2O. The van der Waals surface area contributed by atoms with Gasteiger partial charge in [0.05, 0.1) is 16.1 Å². The SMILES string of the molecule is CCn1cc(C(=O)NCC2CCCCCC2)c2c(Cl)cccc21. The second-order valence-electron chi connectivity index (χ2n) is 6.53. The predicted octanol–water partition coefficient (Wildman–Crippen LogP) is 5.01. The number of amides is 1. The Morgan fingerprint density at radius 1 is 1.26 bits per heavy atom. The van der Waals surface area contributed by atoms with Crippen LogP contribution >= 0.6 is 11.6 Å². The van der Waals surface area contributed by atoms with E-state index in [9.17, 15) is 4.79 Å². The van der Waals surface area contributed by atoms with Crippen LogP contribution in [-0.4, -0.2) is 17.0 Å². The topological polar surface area (TPSA) is 34.0 Å². The molecule has 2 aromatic rings. The Balaban J connectivity index is 1.78. The van der Waals surface area contributed by atoms with E-state index in [2.05, 4.69) is 16.8 Å². The van der Waals surface area contributed by atoms with E-state index in [1.165, 1.54) is 38.5 Å². The van der Waals surface area contributed by atoms with Crippen molar-refractivity contribution >= 4 is 28.4 Å². The van der Waals surface area contributed by atoms with Gasteiger partial charge in [-0.2, -0.15) is 0 Å². The summed E-state index contributed by atoms with van der Waals surface area (Å²) in [6, 6.07) is 5.81. The van der Waals surface area contributed by atoms with Crippen molar-refractivity contribution in [2.75, 3.05) is 6.54 Å². The number of hydrogen-bond acceptors (Lipinski definition) is 1. The lowest BCUT2D eigenvalue weighted by Gasteiger charge is -2.14. The highest BCUT2D eigenvalue weighted by atomic mass is 35.5. The quantitative estimate of drug-likeness (QED) is 0.784. The summed E-state index contributed by atoms with van der Waals surface area (Å²) in [5, 5.41) is 4.66. The van der Waals surface area contributed by atoms with Crippen LogP contribution in [0, 0.1) is 5.92 Å². The van der Waals surface area contributed by atoms with Gasteiger partial charge < -0.3 is 9.88 Å². The van der Waals surface area contributed by atoms with Crippen molar-refractivity contribution in [3.8, 4) is 0 Å². The average Bonchev–Trinajstić information content (AvgIpc) is 2.75. The molecule has 0 atom stereocenters. The highest BCUT2D eigenvalue weighted by molar-refractivity contribution is 6.36. The minimum absolute atomic E-state index is 0.000420. The van der Waals surface area contributed by atoms with Crippen LogP contribution in [0.4, 0.5) is 0 Å². The Morgan fingerprint density at radius 2 is 2.00 bits per heavy atom. The van der Waals surface area contributed by atoms with Gasteiger partial charge in [0.25, 0.3) is 5.91 Å². The third kappa shape index (κ3) is 3.55. The fraction of sp³-hybridized carbons (Fsp3) is 0.526. The van der Waals surface area contributed by atoms with Crippen LogP contribution in [-0.2, 0) is 6.54 Å². The molecule has 1 N–H and O–H groups in total. The highest BCUT2D eigenvalue weighted by Gasteiger charge is 2.18. The van der Waals surface area contributed by atoms with Crippen LogP contribution in [0.1, 0.15) is 55.8 Å². The normalized spacial score (nSPS) is 16.4. The molecule has 0 unspecified atom stereocenters. The zero-order valence-corrected chi connectivity index (χ0v) is 14.5. The summed E-state index contributed by atoms with van der Waals surface area (Å²) < 4.78 is 2.09. The van der Waals surface area contributed by atoms with Crippen molar-refractivity contribution in [1.82, 2.24) is 9.88 Å². The van der Waals surface area contributed by atoms with E-state index in [1.54, 1.807) is 0 Å². The Kier molecular flexibility index (Phi) is 5.27. The summed E-state index contributed by atoms with van der Waals surface area (Å²) in [5.74, 6) is 0.621. The van der Waals surface area contributed by atoms with Gasteiger partial charge in [0.15, 0.2) is 0 Å². The highest BCUT2D eigenvalue weighted by Crippen LogP contribution is 2.29. The molecule has 1 aliphatic carbocycles. The molecule has 1 aromatic heterocycles. The molecule has 0 saturated heterocycles. The van der Waals surface area contributed by atoms with Crippen molar-refractivity contribution in [2.24, 2.45) is 5.92 Å². The molecule has 1 amide bonds. The Morgan fingerprint density at radius 3 is 2.70 bits per heavy atom. The molecule has 1 saturated carbocycles. The van der Waals surface area contributed by atoms with Crippen LogP contribution in [0.25, 0.3) is 10.9 Å². The van der Waals surface area contributed by atoms with Crippen molar-refractivity contribution in [3.63, 3.8) is 0 Å². The van der Waals surface area contributed by atoms with E-state index in [4.69, 9.17) is 11.6 Å². The second-order valence-corrected chi connectivity index (χ2v) is 6.94. The molecule has 1 fully saturated rings. The number of benzene rings is 1. The van der Waals surface area contributed by atoms with Gasteiger partial charge in [-0.3, -0.25) is 4.79 Å². The van der Waals surface area contributed by atoms with Crippen molar-refractivity contribution in [3.05, 3.63) is 35.0 Å². The number of rotatable bonds is 4. The number of aromatic nitrogens is 1. The number of aryl methyl sites for hydroxylation is 1. The van der Waals surface area contributed by atoms with Gasteiger partial charge in [0.1, 0.15) is 0 Å². The zero-order chi connectivity index (χ0) is 16.2. The first-order valence-corrected chi connectivity index (χ1v) is 9.14. The number of carbonyl (C=O) groups excluding carboxylic acids is 1. The minimum Gasteiger partial charge on any atom is -0.352 e. The molecular weight excluding hydrogens is 308 g/mol. The summed E-state index contributed by atoms with van der Waals surface area (Å²) in [4.78, 5) is 12.7. The molecule has 4 heteroatoms. The van der Waals surface area contributed by atoms with Crippen LogP contribution in [0.15, 0.2) is 24.4 Å². The molecule has 0 bridgehead atoms. The van der Waals surface area contributed by atoms with Crippen LogP contribution < -0.4 is 5.32 Å². The Hall–Kier alpha value is -1.48. The van der Waals surface area contributed by atoms with E-state index in [0.29, 0.717) is 16.5 Å². The Labute approximate surface area is 143 Å². The van der Waals surface area contributed by atoms with Crippen LogP contribution in [0.2, 0.25) is 5.02 Å². The standard InChI is InChI=1S/C19H25ClN2O/c1-2-22-13-15(18-16(20)10-7-11-17(18)22)19(23)21-12-14-8-5-3-4-6-9-14/h7,10-11,13-14H,2-6,8-9,12H2,1H3,(H,21,23). The monoisotopic (exact) mass is 332 g/mol. The fourth-order valence-corrected chi connectivity index (χ4v) is 3.91. The van der Waals surface area contributed by atoms with Gasteiger partial charge in [-0.05, 0) is 37.8 Å². The molecule has 1 aromatic carbocycles. The summed E-state index contributed by atoms with van der Waals surface area (Å²) in [5.41, 5.74) is 1.72. The number of hydrogen-bond donors (Lipinski definition) is 1. The molecule has 124 valence electrons. The molecule has 23 heavy (non-hydrogen) atoms. The van der Waals surface area contributed by atoms with Gasteiger partial charge >= 0.3 is 0 Å². The maximum Gasteiger partial charge on any atom is 0.253 e. The summed E-state index contributed by atoms with van der Waals surface area (Å²) >= 11 is 6.35. The first-order valence-electron chi connectivity index (χ1n) is 8.76. The maximum absolute atomic E-state index is 12.7. The zero-order valence-electron chi connectivity index (χ0n) is 13.8. The summed E-state index contributed by atoms with van der Waals surface area (Å²) in [7, 11) is 0. The van der Waals surface area contributed by atoms with Gasteiger partial charge in [0.2, 0.25) is 0 Å². The van der Waals surface area contributed by atoms with Crippen molar-refractivity contribution < 1.29 is 4.79 Å². The molecule has 3 rings (SSSR count). The lowest BCUT2D eigenvalue weighted by molar-refractivity contribution is 0.0947. The summed E-state index contributed by atoms with van der Waals surface area (Å²) in [6.45, 7) is 3.68. The molecule has 0 radical (unpaired) electrons. The van der Waals surface area contributed by atoms with Crippen molar-refractivity contribution in [2.45, 2.75) is 52.0 Å². The first kappa shape index (κ1) is 16.4. The van der Waals surface area contributed by atoms with Gasteiger partial charge in [-0.15, -0.1) is 0 Å². The van der Waals surface area contributed by atoms with E-state index >= 15 is 0 Å². The van der Waals surface area contributed by atoms with E-state index < -0.39 is 0 Å². The van der Waals surface area contributed by atoms with E-state index in [-0.39, 0.29) is 5.91 Å². The van der Waals surface area contributed by atoms with Gasteiger partial charge in [-0.25, -0.2) is 0 Å². The number of carbonyl (C=O) groups is 1. The average molecular weight is 333 g/mol. The number of nitrogens with zero attached hydrogens (tertiary/aromatic N) is 1. The molecule has 3 nitrogen and oxygen atoms in total. The fourth-order valence-electron chi connectivity index (χ4n) is 3.64. The first-order chi connectivity index (χ1) is 11.2. The third-order valence-corrected chi connectivity index (χ3v) is 5.28.